The third-order valence-electron chi connectivity index (χ3n) is 3.65. The van der Waals surface area contributed by atoms with Crippen LogP contribution in [0.3, 0.4) is 0 Å². The lowest BCUT2D eigenvalue weighted by Crippen LogP contribution is -2.09. The molecule has 0 saturated carbocycles. The molecule has 0 N–H and O–H groups in total. The molecule has 0 aromatic heterocycles. The SMILES string of the molecule is O=C1C=Cc2ccc3c4c(ccc1c24)C(Cl)=CC3=O. The van der Waals surface area contributed by atoms with Gasteiger partial charge < -0.3 is 0 Å². The summed E-state index contributed by atoms with van der Waals surface area (Å²) in [5.74, 6) is -0.141. The van der Waals surface area contributed by atoms with Crippen molar-refractivity contribution in [3.8, 4) is 0 Å². The molecule has 0 fully saturated rings. The van der Waals surface area contributed by atoms with Gasteiger partial charge in [0.05, 0.1) is 5.03 Å². The molecule has 0 aliphatic heterocycles. The number of rotatable bonds is 0. The van der Waals surface area contributed by atoms with Crippen molar-refractivity contribution in [2.75, 3.05) is 0 Å². The van der Waals surface area contributed by atoms with Crippen molar-refractivity contribution in [3.63, 3.8) is 0 Å². The van der Waals surface area contributed by atoms with Crippen LogP contribution in [0.2, 0.25) is 0 Å². The summed E-state index contributed by atoms with van der Waals surface area (Å²) < 4.78 is 0. The van der Waals surface area contributed by atoms with Crippen LogP contribution in [0.25, 0.3) is 21.9 Å². The Labute approximate surface area is 114 Å². The molecule has 2 aromatic carbocycles. The van der Waals surface area contributed by atoms with E-state index in [-0.39, 0.29) is 11.6 Å². The molecule has 0 saturated heterocycles. The molecule has 2 aliphatic rings. The molecule has 0 unspecified atom stereocenters. The summed E-state index contributed by atoms with van der Waals surface area (Å²) in [5.41, 5.74) is 3.02. The lowest BCUT2D eigenvalue weighted by molar-refractivity contribution is 0.103. The minimum atomic E-state index is -0.108. The van der Waals surface area contributed by atoms with Gasteiger partial charge >= 0.3 is 0 Å². The van der Waals surface area contributed by atoms with Gasteiger partial charge in [-0.3, -0.25) is 9.59 Å². The number of ketones is 2. The van der Waals surface area contributed by atoms with Gasteiger partial charge in [-0.15, -0.1) is 0 Å². The van der Waals surface area contributed by atoms with E-state index in [2.05, 4.69) is 0 Å². The first-order valence-electron chi connectivity index (χ1n) is 5.91. The summed E-state index contributed by atoms with van der Waals surface area (Å²) in [6, 6.07) is 7.27. The molecule has 2 nitrogen and oxygen atoms in total. The molecular formula is C16H7ClO2. The Morgan fingerprint density at radius 1 is 0.737 bits per heavy atom. The third kappa shape index (κ3) is 1.27. The third-order valence-corrected chi connectivity index (χ3v) is 3.97. The number of halogens is 1. The molecular weight excluding hydrogens is 260 g/mol. The van der Waals surface area contributed by atoms with Crippen LogP contribution in [-0.4, -0.2) is 11.6 Å². The van der Waals surface area contributed by atoms with Gasteiger partial charge in [-0.1, -0.05) is 29.8 Å². The van der Waals surface area contributed by atoms with Gasteiger partial charge in [0.25, 0.3) is 0 Å². The van der Waals surface area contributed by atoms with Crippen LogP contribution in [0.1, 0.15) is 31.8 Å². The van der Waals surface area contributed by atoms with E-state index in [4.69, 9.17) is 11.6 Å². The maximum absolute atomic E-state index is 12.0. The van der Waals surface area contributed by atoms with Crippen LogP contribution in [-0.2, 0) is 0 Å². The van der Waals surface area contributed by atoms with E-state index < -0.39 is 0 Å². The number of allylic oxidation sites excluding steroid dienone is 2. The first kappa shape index (κ1) is 10.7. The fraction of sp³-hybridized carbons (Fsp3) is 0. The predicted molar refractivity (Wildman–Crippen MR) is 75.5 cm³/mol. The van der Waals surface area contributed by atoms with Gasteiger partial charge in [-0.25, -0.2) is 0 Å². The smallest absolute Gasteiger partial charge is 0.187 e. The molecule has 0 amide bonds. The molecule has 3 heteroatoms. The van der Waals surface area contributed by atoms with Crippen molar-refractivity contribution in [2.45, 2.75) is 0 Å². The Morgan fingerprint density at radius 3 is 2.26 bits per heavy atom. The summed E-state index contributed by atoms with van der Waals surface area (Å²) in [6.07, 6.45) is 4.78. The van der Waals surface area contributed by atoms with Crippen LogP contribution in [0, 0.1) is 0 Å². The minimum Gasteiger partial charge on any atom is -0.289 e. The lowest BCUT2D eigenvalue weighted by atomic mass is 9.84. The van der Waals surface area contributed by atoms with E-state index >= 15 is 0 Å². The minimum absolute atomic E-state index is 0.0330. The molecule has 0 radical (unpaired) electrons. The number of carbonyl (C=O) groups excluding carboxylic acids is 2. The summed E-state index contributed by atoms with van der Waals surface area (Å²) in [4.78, 5) is 24.0. The topological polar surface area (TPSA) is 34.1 Å². The van der Waals surface area contributed by atoms with Crippen molar-refractivity contribution in [2.24, 2.45) is 0 Å². The van der Waals surface area contributed by atoms with Crippen molar-refractivity contribution in [3.05, 3.63) is 58.7 Å². The highest BCUT2D eigenvalue weighted by molar-refractivity contribution is 6.53. The first-order valence-corrected chi connectivity index (χ1v) is 6.28. The zero-order valence-corrected chi connectivity index (χ0v) is 10.5. The van der Waals surface area contributed by atoms with E-state index in [0.717, 1.165) is 21.9 Å². The number of carbonyl (C=O) groups is 2. The zero-order valence-electron chi connectivity index (χ0n) is 9.74. The quantitative estimate of drug-likeness (QED) is 0.726. The summed E-state index contributed by atoms with van der Waals surface area (Å²) >= 11 is 6.15. The Bertz CT molecular complexity index is 857. The van der Waals surface area contributed by atoms with Gasteiger partial charge in [0, 0.05) is 33.5 Å². The van der Waals surface area contributed by atoms with Gasteiger partial charge in [0.2, 0.25) is 0 Å². The molecule has 19 heavy (non-hydrogen) atoms. The van der Waals surface area contributed by atoms with Gasteiger partial charge in [-0.05, 0) is 23.8 Å². The van der Waals surface area contributed by atoms with Crippen molar-refractivity contribution >= 4 is 45.0 Å². The second-order valence-corrected chi connectivity index (χ2v) is 5.07. The lowest BCUT2D eigenvalue weighted by Gasteiger charge is -2.19. The number of benzene rings is 2. The van der Waals surface area contributed by atoms with Gasteiger partial charge in [-0.2, -0.15) is 0 Å². The molecule has 2 aliphatic carbocycles. The number of hydrogen-bond acceptors (Lipinski definition) is 2. The summed E-state index contributed by atoms with van der Waals surface area (Å²) in [5, 5.41) is 2.07. The highest BCUT2D eigenvalue weighted by Crippen LogP contribution is 2.39. The molecule has 0 spiro atoms. The molecule has 4 rings (SSSR count). The van der Waals surface area contributed by atoms with Crippen molar-refractivity contribution in [1.82, 2.24) is 0 Å². The van der Waals surface area contributed by atoms with E-state index in [0.29, 0.717) is 16.2 Å². The zero-order chi connectivity index (χ0) is 13.1. The number of hydrogen-bond donors (Lipinski definition) is 0. The average molecular weight is 267 g/mol. The maximum atomic E-state index is 12.0. The van der Waals surface area contributed by atoms with E-state index in [9.17, 15) is 9.59 Å². The normalized spacial score (nSPS) is 15.9. The standard InChI is InChI=1S/C16H7ClO2/c17-12-7-14(19)11-3-1-8-2-6-13(18)10-5-4-9(12)16(11)15(8)10/h1-7H. The highest BCUT2D eigenvalue weighted by atomic mass is 35.5. The van der Waals surface area contributed by atoms with E-state index in [1.807, 2.05) is 12.1 Å². The Balaban J connectivity index is 2.31. The average Bonchev–Trinajstić information content (AvgIpc) is 2.41. The first-order chi connectivity index (χ1) is 9.16. The monoisotopic (exact) mass is 266 g/mol. The van der Waals surface area contributed by atoms with Crippen LogP contribution >= 0.6 is 11.6 Å². The van der Waals surface area contributed by atoms with Crippen molar-refractivity contribution < 1.29 is 9.59 Å². The van der Waals surface area contributed by atoms with Gasteiger partial charge in [0.1, 0.15) is 0 Å². The van der Waals surface area contributed by atoms with E-state index in [1.165, 1.54) is 6.08 Å². The van der Waals surface area contributed by atoms with Gasteiger partial charge in [0.15, 0.2) is 11.6 Å². The van der Waals surface area contributed by atoms with E-state index in [1.54, 1.807) is 24.3 Å². The predicted octanol–water partition coefficient (Wildman–Crippen LogP) is 3.83. The molecule has 90 valence electrons. The van der Waals surface area contributed by atoms with Crippen LogP contribution in [0.4, 0.5) is 0 Å². The fourth-order valence-corrected chi connectivity index (χ4v) is 3.05. The second kappa shape index (κ2) is 3.43. The Morgan fingerprint density at radius 2 is 1.42 bits per heavy atom. The molecule has 0 atom stereocenters. The Kier molecular flexibility index (Phi) is 1.93. The largest absolute Gasteiger partial charge is 0.289 e. The highest BCUT2D eigenvalue weighted by Gasteiger charge is 2.24. The van der Waals surface area contributed by atoms with Crippen molar-refractivity contribution in [1.29, 1.82) is 0 Å². The molecule has 2 aromatic rings. The van der Waals surface area contributed by atoms with Crippen LogP contribution in [0.5, 0.6) is 0 Å². The maximum Gasteiger partial charge on any atom is 0.187 e. The summed E-state index contributed by atoms with van der Waals surface area (Å²) in [7, 11) is 0. The fourth-order valence-electron chi connectivity index (χ4n) is 2.80. The van der Waals surface area contributed by atoms with Crippen LogP contribution in [0.15, 0.2) is 36.4 Å². The molecule has 0 heterocycles. The van der Waals surface area contributed by atoms with Crippen LogP contribution < -0.4 is 0 Å². The molecule has 0 bridgehead atoms. The summed E-state index contributed by atoms with van der Waals surface area (Å²) in [6.45, 7) is 0. The Hall–Kier alpha value is -2.19. The second-order valence-electron chi connectivity index (χ2n) is 4.67.